The van der Waals surface area contributed by atoms with E-state index in [1.165, 1.54) is 0 Å². The van der Waals surface area contributed by atoms with E-state index >= 15 is 0 Å². The first-order chi connectivity index (χ1) is 12.0. The summed E-state index contributed by atoms with van der Waals surface area (Å²) in [7, 11) is 0. The van der Waals surface area contributed by atoms with E-state index in [9.17, 15) is 9.59 Å². The number of esters is 1. The fourth-order valence-corrected chi connectivity index (χ4v) is 3.51. The Balaban J connectivity index is 1.82. The van der Waals surface area contributed by atoms with Crippen molar-refractivity contribution in [3.63, 3.8) is 0 Å². The molecule has 0 spiro atoms. The van der Waals surface area contributed by atoms with Crippen molar-refractivity contribution in [3.8, 4) is 0 Å². The van der Waals surface area contributed by atoms with E-state index in [2.05, 4.69) is 11.9 Å². The number of benzene rings is 2. The van der Waals surface area contributed by atoms with Gasteiger partial charge in [-0.1, -0.05) is 36.4 Å². The normalized spacial score (nSPS) is 18.8. The minimum absolute atomic E-state index is 0.331. The standard InChI is InChI=1S/C20H19NO3S/c1-3-12-25-17-11-7-6-10-16(17)21-19(23)20(2)13-14-8-4-5-9-15(14)18(22)24-20/h3-11H,1,12-13H2,2H3,(H,21,23). The summed E-state index contributed by atoms with van der Waals surface area (Å²) < 4.78 is 5.48. The highest BCUT2D eigenvalue weighted by molar-refractivity contribution is 7.99. The largest absolute Gasteiger partial charge is 0.445 e. The molecule has 1 aliphatic heterocycles. The number of thioether (sulfide) groups is 1. The summed E-state index contributed by atoms with van der Waals surface area (Å²) in [6.45, 7) is 5.36. The summed E-state index contributed by atoms with van der Waals surface area (Å²) in [5.74, 6) is -0.0530. The maximum absolute atomic E-state index is 12.9. The van der Waals surface area contributed by atoms with Crippen molar-refractivity contribution in [1.29, 1.82) is 0 Å². The van der Waals surface area contributed by atoms with Gasteiger partial charge in [0.05, 0.1) is 11.3 Å². The van der Waals surface area contributed by atoms with E-state index in [-0.39, 0.29) is 5.91 Å². The molecule has 128 valence electrons. The van der Waals surface area contributed by atoms with Gasteiger partial charge in [-0.05, 0) is 30.7 Å². The van der Waals surface area contributed by atoms with Gasteiger partial charge in [0.15, 0.2) is 5.60 Å². The molecule has 1 unspecified atom stereocenters. The van der Waals surface area contributed by atoms with Crippen LogP contribution in [0.5, 0.6) is 0 Å². The fraction of sp³-hybridized carbons (Fsp3) is 0.200. The second kappa shape index (κ2) is 7.15. The molecule has 3 rings (SSSR count). The van der Waals surface area contributed by atoms with E-state index in [4.69, 9.17) is 4.74 Å². The zero-order valence-electron chi connectivity index (χ0n) is 14.0. The molecule has 1 N–H and O–H groups in total. The number of hydrogen-bond acceptors (Lipinski definition) is 4. The smallest absolute Gasteiger partial charge is 0.339 e. The molecular formula is C20H19NO3S. The number of para-hydroxylation sites is 1. The van der Waals surface area contributed by atoms with Crippen LogP contribution < -0.4 is 5.32 Å². The number of carbonyl (C=O) groups excluding carboxylic acids is 2. The van der Waals surface area contributed by atoms with Gasteiger partial charge in [-0.2, -0.15) is 0 Å². The maximum Gasteiger partial charge on any atom is 0.339 e. The third kappa shape index (κ3) is 3.61. The van der Waals surface area contributed by atoms with Gasteiger partial charge in [0.25, 0.3) is 5.91 Å². The molecule has 4 nitrogen and oxygen atoms in total. The van der Waals surface area contributed by atoms with Crippen LogP contribution in [0.4, 0.5) is 5.69 Å². The monoisotopic (exact) mass is 353 g/mol. The van der Waals surface area contributed by atoms with Crippen LogP contribution in [0.15, 0.2) is 66.1 Å². The lowest BCUT2D eigenvalue weighted by Gasteiger charge is -2.33. The zero-order valence-corrected chi connectivity index (χ0v) is 14.8. The van der Waals surface area contributed by atoms with Gasteiger partial charge in [-0.3, -0.25) is 4.79 Å². The summed E-state index contributed by atoms with van der Waals surface area (Å²) in [5.41, 5.74) is 0.817. The molecule has 0 bridgehead atoms. The molecule has 0 saturated heterocycles. The second-order valence-electron chi connectivity index (χ2n) is 6.00. The Kier molecular flexibility index (Phi) is 4.95. The Morgan fingerprint density at radius 2 is 2.00 bits per heavy atom. The van der Waals surface area contributed by atoms with Gasteiger partial charge in [0, 0.05) is 17.1 Å². The highest BCUT2D eigenvalue weighted by Gasteiger charge is 2.42. The Morgan fingerprint density at radius 3 is 2.80 bits per heavy atom. The van der Waals surface area contributed by atoms with Gasteiger partial charge in [0.1, 0.15) is 0 Å². The molecule has 0 saturated carbocycles. The fourth-order valence-electron chi connectivity index (χ4n) is 2.76. The number of carbonyl (C=O) groups is 2. The number of anilines is 1. The van der Waals surface area contributed by atoms with E-state index < -0.39 is 11.6 Å². The third-order valence-electron chi connectivity index (χ3n) is 4.06. The van der Waals surface area contributed by atoms with Gasteiger partial charge in [0.2, 0.25) is 0 Å². The van der Waals surface area contributed by atoms with Crippen LogP contribution in [0.3, 0.4) is 0 Å². The molecule has 2 aromatic carbocycles. The van der Waals surface area contributed by atoms with Crippen LogP contribution in [0, 0.1) is 0 Å². The predicted molar refractivity (Wildman–Crippen MR) is 100.0 cm³/mol. The Hall–Kier alpha value is -2.53. The van der Waals surface area contributed by atoms with Crippen molar-refractivity contribution < 1.29 is 14.3 Å². The first-order valence-corrected chi connectivity index (χ1v) is 8.97. The Bertz CT molecular complexity index is 833. The number of ether oxygens (including phenoxy) is 1. The first kappa shape index (κ1) is 17.3. The molecular weight excluding hydrogens is 334 g/mol. The van der Waals surface area contributed by atoms with Crippen LogP contribution >= 0.6 is 11.8 Å². The molecule has 25 heavy (non-hydrogen) atoms. The van der Waals surface area contributed by atoms with Crippen molar-refractivity contribution >= 4 is 29.3 Å². The molecule has 1 heterocycles. The molecule has 0 fully saturated rings. The van der Waals surface area contributed by atoms with Gasteiger partial charge < -0.3 is 10.1 Å². The molecule has 0 aromatic heterocycles. The second-order valence-corrected chi connectivity index (χ2v) is 7.07. The molecule has 0 radical (unpaired) electrons. The quantitative estimate of drug-likeness (QED) is 0.500. The summed E-state index contributed by atoms with van der Waals surface area (Å²) in [6, 6.07) is 14.8. The average Bonchev–Trinajstić information content (AvgIpc) is 2.61. The zero-order chi connectivity index (χ0) is 17.9. The van der Waals surface area contributed by atoms with E-state index in [1.807, 2.05) is 42.5 Å². The van der Waals surface area contributed by atoms with Crippen molar-refractivity contribution in [2.45, 2.75) is 23.8 Å². The number of amides is 1. The van der Waals surface area contributed by atoms with Gasteiger partial charge >= 0.3 is 5.97 Å². The summed E-state index contributed by atoms with van der Waals surface area (Å²) in [4.78, 5) is 26.0. The predicted octanol–water partition coefficient (Wildman–Crippen LogP) is 4.08. The van der Waals surface area contributed by atoms with Crippen LogP contribution in [0.25, 0.3) is 0 Å². The van der Waals surface area contributed by atoms with Crippen molar-refractivity contribution in [2.24, 2.45) is 0 Å². The van der Waals surface area contributed by atoms with E-state index in [1.54, 1.807) is 30.8 Å². The molecule has 1 amide bonds. The lowest BCUT2D eigenvalue weighted by Crippen LogP contribution is -2.48. The van der Waals surface area contributed by atoms with Crippen molar-refractivity contribution in [1.82, 2.24) is 0 Å². The summed E-state index contributed by atoms with van der Waals surface area (Å²) in [5, 5.41) is 2.91. The SMILES string of the molecule is C=CCSc1ccccc1NC(=O)C1(C)Cc2ccccc2C(=O)O1. The topological polar surface area (TPSA) is 55.4 Å². The molecule has 2 aromatic rings. The first-order valence-electron chi connectivity index (χ1n) is 7.99. The van der Waals surface area contributed by atoms with Crippen LogP contribution in [-0.2, 0) is 16.0 Å². The van der Waals surface area contributed by atoms with E-state index in [0.717, 1.165) is 16.2 Å². The maximum atomic E-state index is 12.9. The number of rotatable bonds is 5. The summed E-state index contributed by atoms with van der Waals surface area (Å²) >= 11 is 1.58. The minimum Gasteiger partial charge on any atom is -0.445 e. The van der Waals surface area contributed by atoms with Crippen LogP contribution in [0.2, 0.25) is 0 Å². The summed E-state index contributed by atoms with van der Waals surface area (Å²) in [6.07, 6.45) is 2.16. The highest BCUT2D eigenvalue weighted by Crippen LogP contribution is 2.31. The molecule has 0 aliphatic carbocycles. The molecule has 1 atom stereocenters. The lowest BCUT2D eigenvalue weighted by molar-refractivity contribution is -0.134. The number of hydrogen-bond donors (Lipinski definition) is 1. The van der Waals surface area contributed by atoms with E-state index in [0.29, 0.717) is 17.7 Å². The minimum atomic E-state index is -1.23. The van der Waals surface area contributed by atoms with Crippen molar-refractivity contribution in [2.75, 3.05) is 11.1 Å². The molecule has 1 aliphatic rings. The lowest BCUT2D eigenvalue weighted by atomic mass is 9.89. The average molecular weight is 353 g/mol. The van der Waals surface area contributed by atoms with Crippen molar-refractivity contribution in [3.05, 3.63) is 72.3 Å². The Labute approximate surface area is 151 Å². The molecule has 5 heteroatoms. The van der Waals surface area contributed by atoms with Gasteiger partial charge in [-0.15, -0.1) is 18.3 Å². The number of fused-ring (bicyclic) bond motifs is 1. The Morgan fingerprint density at radius 1 is 1.28 bits per heavy atom. The number of nitrogens with one attached hydrogen (secondary N) is 1. The third-order valence-corrected chi connectivity index (χ3v) is 5.12. The van der Waals surface area contributed by atoms with Gasteiger partial charge in [-0.25, -0.2) is 4.79 Å². The number of cyclic esters (lactones) is 1. The van der Waals surface area contributed by atoms with Crippen LogP contribution in [-0.4, -0.2) is 23.2 Å². The van der Waals surface area contributed by atoms with Crippen LogP contribution in [0.1, 0.15) is 22.8 Å². The highest BCUT2D eigenvalue weighted by atomic mass is 32.2.